The van der Waals surface area contributed by atoms with Gasteiger partial charge in [0.05, 0.1) is 6.61 Å². The Bertz CT molecular complexity index is 311. The molecule has 0 atom stereocenters. The van der Waals surface area contributed by atoms with Gasteiger partial charge in [0.25, 0.3) is 0 Å². The predicted molar refractivity (Wildman–Crippen MR) is 54.1 cm³/mol. The molecule has 84 valence electrons. The van der Waals surface area contributed by atoms with Gasteiger partial charge in [-0.1, -0.05) is 0 Å². The van der Waals surface area contributed by atoms with E-state index in [-0.39, 0.29) is 12.5 Å². The first-order valence-electron chi connectivity index (χ1n) is 4.66. The van der Waals surface area contributed by atoms with E-state index in [2.05, 4.69) is 5.10 Å². The Labute approximate surface area is 88.0 Å². The number of rotatable bonds is 6. The van der Waals surface area contributed by atoms with Gasteiger partial charge in [0, 0.05) is 26.3 Å². The van der Waals surface area contributed by atoms with Crippen molar-refractivity contribution in [2.75, 3.05) is 26.1 Å². The molecule has 0 unspecified atom stereocenters. The van der Waals surface area contributed by atoms with Gasteiger partial charge in [-0.2, -0.15) is 5.10 Å². The lowest BCUT2D eigenvalue weighted by atomic mass is 10.5. The first kappa shape index (κ1) is 11.5. The van der Waals surface area contributed by atoms with E-state index in [1.807, 2.05) is 0 Å². The molecule has 0 aromatic carbocycles. The zero-order valence-electron chi connectivity index (χ0n) is 8.68. The molecule has 1 rings (SSSR count). The third-order valence-electron chi connectivity index (χ3n) is 1.71. The molecule has 1 heterocycles. The highest BCUT2D eigenvalue weighted by molar-refractivity contribution is 5.69. The normalized spacial score (nSPS) is 10.2. The van der Waals surface area contributed by atoms with E-state index in [9.17, 15) is 4.79 Å². The largest absolute Gasteiger partial charge is 0.464 e. The van der Waals surface area contributed by atoms with E-state index in [1.54, 1.807) is 19.4 Å². The second kappa shape index (κ2) is 6.02. The van der Waals surface area contributed by atoms with Crippen LogP contribution in [0.3, 0.4) is 0 Å². The van der Waals surface area contributed by atoms with Crippen LogP contribution in [0.25, 0.3) is 0 Å². The number of nitrogens with two attached hydrogens (primary N) is 1. The number of esters is 1. The number of carbonyl (C=O) groups excluding carboxylic acids is 1. The minimum Gasteiger partial charge on any atom is -0.464 e. The number of nitrogens with zero attached hydrogens (tertiary/aromatic N) is 2. The maximum absolute atomic E-state index is 11.2. The predicted octanol–water partition coefficient (Wildman–Crippen LogP) is 0.0450. The zero-order chi connectivity index (χ0) is 11.1. The van der Waals surface area contributed by atoms with Crippen molar-refractivity contribution >= 4 is 11.8 Å². The van der Waals surface area contributed by atoms with Crippen LogP contribution in [0.1, 0.15) is 6.42 Å². The van der Waals surface area contributed by atoms with Gasteiger partial charge < -0.3 is 15.2 Å². The van der Waals surface area contributed by atoms with Crippen molar-refractivity contribution in [2.45, 2.75) is 13.0 Å². The van der Waals surface area contributed by atoms with Gasteiger partial charge in [0.1, 0.15) is 12.4 Å². The Kier molecular flexibility index (Phi) is 4.62. The second-order valence-corrected chi connectivity index (χ2v) is 3.01. The lowest BCUT2D eigenvalue weighted by Gasteiger charge is -2.04. The van der Waals surface area contributed by atoms with Crippen LogP contribution in [-0.4, -0.2) is 36.1 Å². The molecule has 15 heavy (non-hydrogen) atoms. The van der Waals surface area contributed by atoms with Crippen molar-refractivity contribution in [3.05, 3.63) is 12.3 Å². The summed E-state index contributed by atoms with van der Waals surface area (Å²) >= 11 is 0. The fourth-order valence-corrected chi connectivity index (χ4v) is 1.03. The van der Waals surface area contributed by atoms with Crippen molar-refractivity contribution in [1.29, 1.82) is 0 Å². The third-order valence-corrected chi connectivity index (χ3v) is 1.71. The molecule has 0 fully saturated rings. The molecule has 2 N–H and O–H groups in total. The number of ether oxygens (including phenoxy) is 2. The van der Waals surface area contributed by atoms with Gasteiger partial charge in [0.15, 0.2) is 0 Å². The fourth-order valence-electron chi connectivity index (χ4n) is 1.03. The van der Waals surface area contributed by atoms with Crippen molar-refractivity contribution in [1.82, 2.24) is 9.78 Å². The molecular formula is C9H15N3O3. The highest BCUT2D eigenvalue weighted by Crippen LogP contribution is 1.96. The zero-order valence-corrected chi connectivity index (χ0v) is 8.68. The summed E-state index contributed by atoms with van der Waals surface area (Å²) in [7, 11) is 1.61. The number of nitrogen functional groups attached to an aromatic ring is 1. The smallest absolute Gasteiger partial charge is 0.327 e. The summed E-state index contributed by atoms with van der Waals surface area (Å²) in [6.45, 7) is 1.04. The summed E-state index contributed by atoms with van der Waals surface area (Å²) in [5.74, 6) is 0.0661. The van der Waals surface area contributed by atoms with E-state index < -0.39 is 0 Å². The van der Waals surface area contributed by atoms with Crippen LogP contribution >= 0.6 is 0 Å². The average molecular weight is 213 g/mol. The summed E-state index contributed by atoms with van der Waals surface area (Å²) in [5.41, 5.74) is 5.39. The molecule has 0 saturated heterocycles. The highest BCUT2D eigenvalue weighted by atomic mass is 16.5. The monoisotopic (exact) mass is 213 g/mol. The molecule has 1 aromatic heterocycles. The SMILES string of the molecule is COCCCOC(=O)Cn1ccc(N)n1. The number of hydrogen-bond donors (Lipinski definition) is 1. The van der Waals surface area contributed by atoms with Crippen molar-refractivity contribution in [2.24, 2.45) is 0 Å². The van der Waals surface area contributed by atoms with Gasteiger partial charge in [0.2, 0.25) is 0 Å². The number of anilines is 1. The summed E-state index contributed by atoms with van der Waals surface area (Å²) in [6.07, 6.45) is 2.33. The quantitative estimate of drug-likeness (QED) is 0.533. The Morgan fingerprint density at radius 1 is 1.60 bits per heavy atom. The van der Waals surface area contributed by atoms with Crippen molar-refractivity contribution < 1.29 is 14.3 Å². The molecule has 0 bridgehead atoms. The molecule has 0 radical (unpaired) electrons. The van der Waals surface area contributed by atoms with Gasteiger partial charge >= 0.3 is 5.97 Å². The van der Waals surface area contributed by atoms with E-state index >= 15 is 0 Å². The molecule has 0 amide bonds. The van der Waals surface area contributed by atoms with Crippen molar-refractivity contribution in [3.63, 3.8) is 0 Å². The molecule has 0 saturated carbocycles. The summed E-state index contributed by atoms with van der Waals surface area (Å²) < 4.78 is 11.2. The van der Waals surface area contributed by atoms with Gasteiger partial charge in [-0.05, 0) is 6.07 Å². The van der Waals surface area contributed by atoms with Gasteiger partial charge in [-0.15, -0.1) is 0 Å². The molecule has 0 aliphatic rings. The number of carbonyl (C=O) groups is 1. The van der Waals surface area contributed by atoms with Crippen LogP contribution in [0.2, 0.25) is 0 Å². The number of methoxy groups -OCH3 is 1. The first-order chi connectivity index (χ1) is 7.22. The standard InChI is InChI=1S/C9H15N3O3/c1-14-5-2-6-15-9(13)7-12-4-3-8(10)11-12/h3-4H,2,5-7H2,1H3,(H2,10,11). The van der Waals surface area contributed by atoms with Crippen LogP contribution in [0.5, 0.6) is 0 Å². The minimum absolute atomic E-state index is 0.0875. The Morgan fingerprint density at radius 2 is 2.40 bits per heavy atom. The molecule has 1 aromatic rings. The Morgan fingerprint density at radius 3 is 3.00 bits per heavy atom. The molecule has 0 aliphatic carbocycles. The maximum Gasteiger partial charge on any atom is 0.327 e. The Balaban J connectivity index is 2.18. The topological polar surface area (TPSA) is 79.4 Å². The maximum atomic E-state index is 11.2. The van der Waals surface area contributed by atoms with Gasteiger partial charge in [-0.3, -0.25) is 9.48 Å². The van der Waals surface area contributed by atoms with Crippen LogP contribution in [-0.2, 0) is 20.8 Å². The van der Waals surface area contributed by atoms with E-state index in [0.29, 0.717) is 25.5 Å². The molecule has 6 heteroatoms. The molecular weight excluding hydrogens is 198 g/mol. The van der Waals surface area contributed by atoms with Crippen LogP contribution < -0.4 is 5.73 Å². The Hall–Kier alpha value is -1.56. The number of hydrogen-bond acceptors (Lipinski definition) is 5. The van der Waals surface area contributed by atoms with E-state index in [0.717, 1.165) is 0 Å². The third kappa shape index (κ3) is 4.46. The van der Waals surface area contributed by atoms with E-state index in [1.165, 1.54) is 4.68 Å². The van der Waals surface area contributed by atoms with Crippen LogP contribution in [0, 0.1) is 0 Å². The summed E-state index contributed by atoms with van der Waals surface area (Å²) in [5, 5.41) is 3.86. The van der Waals surface area contributed by atoms with E-state index in [4.69, 9.17) is 15.2 Å². The molecule has 0 aliphatic heterocycles. The lowest BCUT2D eigenvalue weighted by Crippen LogP contribution is -2.15. The highest BCUT2D eigenvalue weighted by Gasteiger charge is 2.04. The number of aromatic nitrogens is 2. The van der Waals surface area contributed by atoms with Crippen LogP contribution in [0.15, 0.2) is 12.3 Å². The molecule has 6 nitrogen and oxygen atoms in total. The summed E-state index contributed by atoms with van der Waals surface area (Å²) in [6, 6.07) is 1.62. The van der Waals surface area contributed by atoms with Gasteiger partial charge in [-0.25, -0.2) is 0 Å². The van der Waals surface area contributed by atoms with Crippen LogP contribution in [0.4, 0.5) is 5.82 Å². The fraction of sp³-hybridized carbons (Fsp3) is 0.556. The minimum atomic E-state index is -0.325. The first-order valence-corrected chi connectivity index (χ1v) is 4.66. The average Bonchev–Trinajstić information content (AvgIpc) is 2.59. The second-order valence-electron chi connectivity index (χ2n) is 3.01. The molecule has 0 spiro atoms. The lowest BCUT2D eigenvalue weighted by molar-refractivity contribution is -0.144. The summed E-state index contributed by atoms with van der Waals surface area (Å²) in [4.78, 5) is 11.2. The van der Waals surface area contributed by atoms with Crippen molar-refractivity contribution in [3.8, 4) is 0 Å².